The summed E-state index contributed by atoms with van der Waals surface area (Å²) in [6.45, 7) is 2.44. The number of ether oxygens (including phenoxy) is 1. The third-order valence-electron chi connectivity index (χ3n) is 3.51. The Bertz CT molecular complexity index is 516. The summed E-state index contributed by atoms with van der Waals surface area (Å²) in [7, 11) is 0. The molecule has 108 valence electrons. The topological polar surface area (TPSA) is 66.8 Å². The van der Waals surface area contributed by atoms with Gasteiger partial charge in [-0.25, -0.2) is 4.79 Å². The summed E-state index contributed by atoms with van der Waals surface area (Å²) in [5.74, 6) is -0.878. The van der Waals surface area contributed by atoms with Crippen molar-refractivity contribution < 1.29 is 19.4 Å². The van der Waals surface area contributed by atoms with E-state index >= 15 is 0 Å². The number of cyclic esters (lactones) is 1. The molecule has 1 amide bonds. The highest BCUT2D eigenvalue weighted by Crippen LogP contribution is 2.30. The van der Waals surface area contributed by atoms with Crippen molar-refractivity contribution in [3.63, 3.8) is 0 Å². The maximum atomic E-state index is 11.8. The molecular weight excluding hydrogens is 282 g/mol. The van der Waals surface area contributed by atoms with Crippen LogP contribution in [-0.4, -0.2) is 34.2 Å². The summed E-state index contributed by atoms with van der Waals surface area (Å²) >= 11 is 5.83. The molecular formula is C14H16ClNO4. The second-order valence-corrected chi connectivity index (χ2v) is 5.59. The van der Waals surface area contributed by atoms with Crippen molar-refractivity contribution in [3.8, 4) is 0 Å². The molecule has 0 bridgehead atoms. The van der Waals surface area contributed by atoms with Crippen LogP contribution in [0.15, 0.2) is 24.3 Å². The fourth-order valence-electron chi connectivity index (χ4n) is 2.20. The number of aliphatic carboxylic acids is 1. The van der Waals surface area contributed by atoms with Crippen LogP contribution in [0.5, 0.6) is 0 Å². The van der Waals surface area contributed by atoms with E-state index in [1.54, 1.807) is 17.0 Å². The van der Waals surface area contributed by atoms with Crippen LogP contribution in [0, 0.1) is 0 Å². The van der Waals surface area contributed by atoms with Gasteiger partial charge >= 0.3 is 12.1 Å². The molecule has 6 heteroatoms. The first-order valence-corrected chi connectivity index (χ1v) is 6.69. The molecule has 0 aromatic heterocycles. The first-order valence-electron chi connectivity index (χ1n) is 6.31. The molecule has 0 saturated carbocycles. The number of halogens is 1. The van der Waals surface area contributed by atoms with Crippen LogP contribution in [0.1, 0.15) is 25.3 Å². The number of carboxylic acid groups (broad SMARTS) is 1. The van der Waals surface area contributed by atoms with Crippen LogP contribution in [-0.2, 0) is 16.1 Å². The molecule has 1 aliphatic heterocycles. The number of amides is 1. The van der Waals surface area contributed by atoms with E-state index in [4.69, 9.17) is 21.4 Å². The van der Waals surface area contributed by atoms with Crippen LogP contribution in [0.4, 0.5) is 4.79 Å². The normalized spacial score (nSPS) is 21.9. The van der Waals surface area contributed by atoms with Crippen LogP contribution in [0.25, 0.3) is 0 Å². The molecule has 20 heavy (non-hydrogen) atoms. The van der Waals surface area contributed by atoms with Crippen LogP contribution >= 0.6 is 11.6 Å². The Hall–Kier alpha value is -1.75. The minimum atomic E-state index is -0.878. The lowest BCUT2D eigenvalue weighted by Crippen LogP contribution is -2.44. The third kappa shape index (κ3) is 3.22. The molecule has 1 heterocycles. The molecule has 1 saturated heterocycles. The highest BCUT2D eigenvalue weighted by atomic mass is 35.5. The number of hydrogen-bond acceptors (Lipinski definition) is 3. The van der Waals surface area contributed by atoms with Gasteiger partial charge in [0.2, 0.25) is 0 Å². The molecule has 2 rings (SSSR count). The van der Waals surface area contributed by atoms with E-state index in [1.165, 1.54) is 0 Å². The van der Waals surface area contributed by atoms with E-state index in [1.807, 2.05) is 19.1 Å². The van der Waals surface area contributed by atoms with Gasteiger partial charge in [0.05, 0.1) is 5.54 Å². The average Bonchev–Trinajstić information content (AvgIpc) is 2.68. The first-order chi connectivity index (χ1) is 9.40. The van der Waals surface area contributed by atoms with Crippen molar-refractivity contribution in [2.75, 3.05) is 6.61 Å². The number of carboxylic acids is 1. The molecule has 1 fully saturated rings. The number of carbonyl (C=O) groups excluding carboxylic acids is 1. The minimum absolute atomic E-state index is 0.00422. The smallest absolute Gasteiger partial charge is 0.410 e. The third-order valence-corrected chi connectivity index (χ3v) is 3.76. The number of rotatable bonds is 5. The zero-order chi connectivity index (χ0) is 14.8. The van der Waals surface area contributed by atoms with E-state index in [2.05, 4.69) is 0 Å². The summed E-state index contributed by atoms with van der Waals surface area (Å²) in [4.78, 5) is 24.1. The highest BCUT2D eigenvalue weighted by molar-refractivity contribution is 6.30. The van der Waals surface area contributed by atoms with Crippen molar-refractivity contribution in [3.05, 3.63) is 34.9 Å². The molecule has 1 atom stereocenters. The van der Waals surface area contributed by atoms with Crippen molar-refractivity contribution in [1.29, 1.82) is 0 Å². The first kappa shape index (κ1) is 14.7. The maximum Gasteiger partial charge on any atom is 0.410 e. The molecule has 1 N–H and O–H groups in total. The van der Waals surface area contributed by atoms with E-state index in [0.717, 1.165) is 5.56 Å². The Balaban J connectivity index is 2.11. The number of nitrogens with zero attached hydrogens (tertiary/aromatic N) is 1. The van der Waals surface area contributed by atoms with Crippen LogP contribution in [0.2, 0.25) is 5.02 Å². The molecule has 5 nitrogen and oxygen atoms in total. The number of carbonyl (C=O) groups is 2. The second-order valence-electron chi connectivity index (χ2n) is 5.16. The number of hydrogen-bond donors (Lipinski definition) is 1. The predicted molar refractivity (Wildman–Crippen MR) is 73.6 cm³/mol. The summed E-state index contributed by atoms with van der Waals surface area (Å²) in [6, 6.07) is 7.19. The minimum Gasteiger partial charge on any atom is -0.481 e. The quantitative estimate of drug-likeness (QED) is 0.907. The second kappa shape index (κ2) is 5.71. The molecule has 0 spiro atoms. The summed E-state index contributed by atoms with van der Waals surface area (Å²) < 4.78 is 5.08. The fourth-order valence-corrected chi connectivity index (χ4v) is 2.33. The zero-order valence-electron chi connectivity index (χ0n) is 11.1. The van der Waals surface area contributed by atoms with Gasteiger partial charge in [0.25, 0.3) is 0 Å². The van der Waals surface area contributed by atoms with E-state index in [9.17, 15) is 9.59 Å². The van der Waals surface area contributed by atoms with Gasteiger partial charge in [-0.2, -0.15) is 0 Å². The van der Waals surface area contributed by atoms with Crippen LogP contribution < -0.4 is 0 Å². The lowest BCUT2D eigenvalue weighted by atomic mass is 9.95. The molecule has 1 aromatic carbocycles. The van der Waals surface area contributed by atoms with E-state index in [0.29, 0.717) is 18.0 Å². The highest BCUT2D eigenvalue weighted by Gasteiger charge is 2.43. The average molecular weight is 298 g/mol. The van der Waals surface area contributed by atoms with Crippen LogP contribution in [0.3, 0.4) is 0 Å². The van der Waals surface area contributed by atoms with Crippen molar-refractivity contribution in [1.82, 2.24) is 4.90 Å². The van der Waals surface area contributed by atoms with Gasteiger partial charge in [-0.1, -0.05) is 23.7 Å². The lowest BCUT2D eigenvalue weighted by molar-refractivity contribution is -0.137. The Morgan fingerprint density at radius 3 is 2.70 bits per heavy atom. The summed E-state index contributed by atoms with van der Waals surface area (Å²) in [5, 5.41) is 9.43. The van der Waals surface area contributed by atoms with Crippen molar-refractivity contribution >= 4 is 23.7 Å². The Morgan fingerprint density at radius 2 is 2.10 bits per heavy atom. The predicted octanol–water partition coefficient (Wildman–Crippen LogP) is 2.92. The standard InChI is InChI=1S/C14H16ClNO4/c1-14(7-6-12(17)18)9-20-13(19)16(14)8-10-2-4-11(15)5-3-10/h2-5H,6-9H2,1H3,(H,17,18). The molecule has 1 aromatic rings. The van der Waals surface area contributed by atoms with Gasteiger partial charge in [0, 0.05) is 18.0 Å². The van der Waals surface area contributed by atoms with Gasteiger partial charge in [0.1, 0.15) is 6.61 Å². The SMILES string of the molecule is CC1(CCC(=O)O)COC(=O)N1Cc1ccc(Cl)cc1. The Morgan fingerprint density at radius 1 is 1.45 bits per heavy atom. The fraction of sp³-hybridized carbons (Fsp3) is 0.429. The van der Waals surface area contributed by atoms with Gasteiger partial charge < -0.3 is 9.84 Å². The summed E-state index contributed by atoms with van der Waals surface area (Å²) in [6.07, 6.45) is -0.0424. The van der Waals surface area contributed by atoms with E-state index < -0.39 is 17.6 Å². The lowest BCUT2D eigenvalue weighted by Gasteiger charge is -2.31. The van der Waals surface area contributed by atoms with Gasteiger partial charge in [-0.3, -0.25) is 9.69 Å². The summed E-state index contributed by atoms with van der Waals surface area (Å²) in [5.41, 5.74) is 0.338. The monoisotopic (exact) mass is 297 g/mol. The van der Waals surface area contributed by atoms with Gasteiger partial charge in [-0.05, 0) is 31.0 Å². The largest absolute Gasteiger partial charge is 0.481 e. The van der Waals surface area contributed by atoms with E-state index in [-0.39, 0.29) is 13.0 Å². The van der Waals surface area contributed by atoms with Gasteiger partial charge in [0.15, 0.2) is 0 Å². The molecule has 1 aliphatic rings. The molecule has 0 aliphatic carbocycles. The van der Waals surface area contributed by atoms with Crippen molar-refractivity contribution in [2.24, 2.45) is 0 Å². The molecule has 1 unspecified atom stereocenters. The van der Waals surface area contributed by atoms with Crippen molar-refractivity contribution in [2.45, 2.75) is 31.8 Å². The Kier molecular flexibility index (Phi) is 4.18. The molecule has 0 radical (unpaired) electrons. The maximum absolute atomic E-state index is 11.8. The zero-order valence-corrected chi connectivity index (χ0v) is 11.9. The Labute approximate surface area is 122 Å². The van der Waals surface area contributed by atoms with Gasteiger partial charge in [-0.15, -0.1) is 0 Å². The number of benzene rings is 1.